The Hall–Kier alpha value is -2.14. The monoisotopic (exact) mass is 310 g/mol. The van der Waals surface area contributed by atoms with E-state index in [1.807, 2.05) is 18.1 Å². The predicted molar refractivity (Wildman–Crippen MR) is 87.9 cm³/mol. The SMILES string of the molecule is Cn1ccnc1C(=O)N1CC[C@@H]2CN(Cc3ccccc3)[C@@H]2C1. The molecule has 1 aromatic heterocycles. The maximum absolute atomic E-state index is 12.6. The first-order chi connectivity index (χ1) is 11.2. The molecule has 1 aromatic carbocycles. The van der Waals surface area contributed by atoms with Crippen LogP contribution in [0.25, 0.3) is 0 Å². The average molecular weight is 310 g/mol. The first-order valence-corrected chi connectivity index (χ1v) is 8.27. The molecule has 2 atom stereocenters. The number of benzene rings is 1. The summed E-state index contributed by atoms with van der Waals surface area (Å²) in [5, 5.41) is 0. The second kappa shape index (κ2) is 5.81. The van der Waals surface area contributed by atoms with Crippen molar-refractivity contribution in [2.45, 2.75) is 19.0 Å². The number of hydrogen-bond donors (Lipinski definition) is 0. The summed E-state index contributed by atoms with van der Waals surface area (Å²) in [6.45, 7) is 3.81. The topological polar surface area (TPSA) is 41.4 Å². The van der Waals surface area contributed by atoms with Crippen molar-refractivity contribution in [1.29, 1.82) is 0 Å². The van der Waals surface area contributed by atoms with Crippen molar-refractivity contribution in [3.05, 3.63) is 54.1 Å². The number of fused-ring (bicyclic) bond motifs is 1. The number of carbonyl (C=O) groups excluding carboxylic acids is 1. The normalized spacial score (nSPS) is 24.1. The zero-order valence-electron chi connectivity index (χ0n) is 13.4. The number of aromatic nitrogens is 2. The van der Waals surface area contributed by atoms with E-state index in [1.165, 1.54) is 5.56 Å². The van der Waals surface area contributed by atoms with Crippen LogP contribution < -0.4 is 0 Å². The standard InChI is InChI=1S/C18H22N4O/c1-20-10-8-19-17(20)18(23)21-9-7-15-12-22(16(15)13-21)11-14-5-3-2-4-6-14/h2-6,8,10,15-16H,7,9,11-13H2,1H3/t15-,16-/m1/s1. The first-order valence-electron chi connectivity index (χ1n) is 8.27. The van der Waals surface area contributed by atoms with Crippen LogP contribution in [0.5, 0.6) is 0 Å². The van der Waals surface area contributed by atoms with E-state index in [9.17, 15) is 4.79 Å². The van der Waals surface area contributed by atoms with Crippen LogP contribution in [0, 0.1) is 5.92 Å². The van der Waals surface area contributed by atoms with Crippen LogP contribution in [0.15, 0.2) is 42.7 Å². The Morgan fingerprint density at radius 3 is 2.83 bits per heavy atom. The number of hydrogen-bond acceptors (Lipinski definition) is 3. The highest BCUT2D eigenvalue weighted by Gasteiger charge is 2.43. The molecule has 2 aromatic rings. The van der Waals surface area contributed by atoms with Crippen molar-refractivity contribution in [1.82, 2.24) is 19.4 Å². The van der Waals surface area contributed by atoms with Crippen molar-refractivity contribution in [3.63, 3.8) is 0 Å². The number of imidazole rings is 1. The Kier molecular flexibility index (Phi) is 3.65. The number of piperidine rings is 1. The molecule has 5 nitrogen and oxygen atoms in total. The fourth-order valence-corrected chi connectivity index (χ4v) is 3.80. The summed E-state index contributed by atoms with van der Waals surface area (Å²) in [5.74, 6) is 1.34. The minimum Gasteiger partial charge on any atom is -0.334 e. The molecule has 0 spiro atoms. The quantitative estimate of drug-likeness (QED) is 0.867. The van der Waals surface area contributed by atoms with Crippen molar-refractivity contribution >= 4 is 5.91 Å². The Balaban J connectivity index is 1.42. The lowest BCUT2D eigenvalue weighted by Gasteiger charge is -2.53. The van der Waals surface area contributed by atoms with Crippen LogP contribution in [0.2, 0.25) is 0 Å². The molecule has 0 radical (unpaired) electrons. The minimum absolute atomic E-state index is 0.0579. The van der Waals surface area contributed by atoms with Crippen molar-refractivity contribution in [2.24, 2.45) is 13.0 Å². The van der Waals surface area contributed by atoms with Crippen molar-refractivity contribution < 1.29 is 4.79 Å². The number of likely N-dealkylation sites (tertiary alicyclic amines) is 2. The number of aryl methyl sites for hydroxylation is 1. The highest BCUT2D eigenvalue weighted by Crippen LogP contribution is 2.34. The van der Waals surface area contributed by atoms with Gasteiger partial charge in [0.1, 0.15) is 0 Å². The number of carbonyl (C=O) groups is 1. The van der Waals surface area contributed by atoms with Gasteiger partial charge in [-0.1, -0.05) is 30.3 Å². The highest BCUT2D eigenvalue weighted by molar-refractivity contribution is 5.90. The van der Waals surface area contributed by atoms with Gasteiger partial charge in [0.15, 0.2) is 5.82 Å². The van der Waals surface area contributed by atoms with Crippen LogP contribution in [0.3, 0.4) is 0 Å². The number of amides is 1. The summed E-state index contributed by atoms with van der Waals surface area (Å²) in [5.41, 5.74) is 1.35. The third kappa shape index (κ3) is 2.65. The molecule has 2 aliphatic rings. The van der Waals surface area contributed by atoms with E-state index in [2.05, 4.69) is 40.2 Å². The molecular formula is C18H22N4O. The van der Waals surface area contributed by atoms with Crippen LogP contribution >= 0.6 is 0 Å². The summed E-state index contributed by atoms with van der Waals surface area (Å²) in [4.78, 5) is 21.3. The zero-order valence-corrected chi connectivity index (χ0v) is 13.4. The minimum atomic E-state index is 0.0579. The molecule has 2 saturated heterocycles. The third-order valence-electron chi connectivity index (χ3n) is 5.19. The summed E-state index contributed by atoms with van der Waals surface area (Å²) < 4.78 is 1.80. The van der Waals surface area contributed by atoms with Crippen molar-refractivity contribution in [3.8, 4) is 0 Å². The molecule has 3 heterocycles. The van der Waals surface area contributed by atoms with Gasteiger partial charge >= 0.3 is 0 Å². The smallest absolute Gasteiger partial charge is 0.289 e. The van der Waals surface area contributed by atoms with Crippen LogP contribution in [0.1, 0.15) is 22.6 Å². The summed E-state index contributed by atoms with van der Waals surface area (Å²) in [6.07, 6.45) is 4.61. The summed E-state index contributed by atoms with van der Waals surface area (Å²) in [7, 11) is 1.87. The molecule has 2 fully saturated rings. The summed E-state index contributed by atoms with van der Waals surface area (Å²) in [6, 6.07) is 11.1. The van der Waals surface area contributed by atoms with Gasteiger partial charge in [0.25, 0.3) is 5.91 Å². The van der Waals surface area contributed by atoms with Gasteiger partial charge in [-0.3, -0.25) is 9.69 Å². The lowest BCUT2D eigenvalue weighted by atomic mass is 9.82. The average Bonchev–Trinajstić information content (AvgIpc) is 2.99. The lowest BCUT2D eigenvalue weighted by molar-refractivity contribution is -0.0430. The second-order valence-corrected chi connectivity index (χ2v) is 6.64. The van der Waals surface area contributed by atoms with E-state index in [4.69, 9.17) is 0 Å². The van der Waals surface area contributed by atoms with E-state index < -0.39 is 0 Å². The molecule has 5 heteroatoms. The van der Waals surface area contributed by atoms with E-state index in [0.29, 0.717) is 11.9 Å². The van der Waals surface area contributed by atoms with Gasteiger partial charge < -0.3 is 9.47 Å². The molecule has 4 rings (SSSR count). The predicted octanol–water partition coefficient (Wildman–Crippen LogP) is 1.77. The van der Waals surface area contributed by atoms with Gasteiger partial charge in [0.05, 0.1) is 0 Å². The number of nitrogens with zero attached hydrogens (tertiary/aromatic N) is 4. The molecular weight excluding hydrogens is 288 g/mol. The van der Waals surface area contributed by atoms with Gasteiger partial charge in [-0.05, 0) is 17.9 Å². The van der Waals surface area contributed by atoms with E-state index in [-0.39, 0.29) is 5.91 Å². The third-order valence-corrected chi connectivity index (χ3v) is 5.19. The largest absolute Gasteiger partial charge is 0.334 e. The van der Waals surface area contributed by atoms with Gasteiger partial charge in [-0.15, -0.1) is 0 Å². The van der Waals surface area contributed by atoms with E-state index in [0.717, 1.165) is 38.5 Å². The molecule has 0 aliphatic carbocycles. The van der Waals surface area contributed by atoms with Gasteiger partial charge in [-0.25, -0.2) is 4.98 Å². The molecule has 23 heavy (non-hydrogen) atoms. The Bertz CT molecular complexity index is 696. The first kappa shape index (κ1) is 14.5. The molecule has 1 amide bonds. The van der Waals surface area contributed by atoms with Gasteiger partial charge in [0.2, 0.25) is 0 Å². The van der Waals surface area contributed by atoms with E-state index >= 15 is 0 Å². The molecule has 2 aliphatic heterocycles. The van der Waals surface area contributed by atoms with Crippen molar-refractivity contribution in [2.75, 3.05) is 19.6 Å². The molecule has 0 bridgehead atoms. The Morgan fingerprint density at radius 1 is 1.26 bits per heavy atom. The zero-order chi connectivity index (χ0) is 15.8. The lowest BCUT2D eigenvalue weighted by Crippen LogP contribution is -2.64. The van der Waals surface area contributed by atoms with Crippen LogP contribution in [-0.2, 0) is 13.6 Å². The van der Waals surface area contributed by atoms with Crippen LogP contribution in [-0.4, -0.2) is 50.9 Å². The number of rotatable bonds is 3. The fourth-order valence-electron chi connectivity index (χ4n) is 3.80. The summed E-state index contributed by atoms with van der Waals surface area (Å²) >= 11 is 0. The second-order valence-electron chi connectivity index (χ2n) is 6.64. The molecule has 120 valence electrons. The molecule has 0 saturated carbocycles. The molecule has 0 N–H and O–H groups in total. The van der Waals surface area contributed by atoms with Crippen LogP contribution in [0.4, 0.5) is 0 Å². The fraction of sp³-hybridized carbons (Fsp3) is 0.444. The van der Waals surface area contributed by atoms with E-state index in [1.54, 1.807) is 10.8 Å². The maximum atomic E-state index is 12.6. The Morgan fingerprint density at radius 2 is 2.09 bits per heavy atom. The maximum Gasteiger partial charge on any atom is 0.289 e. The highest BCUT2D eigenvalue weighted by atomic mass is 16.2. The van der Waals surface area contributed by atoms with Gasteiger partial charge in [-0.2, -0.15) is 0 Å². The van der Waals surface area contributed by atoms with Gasteiger partial charge in [0, 0.05) is 51.7 Å². The Labute approximate surface area is 136 Å². The molecule has 0 unspecified atom stereocenters.